The zero-order valence-electron chi connectivity index (χ0n) is 18.7. The maximum absolute atomic E-state index is 13.3. The fourth-order valence-electron chi connectivity index (χ4n) is 3.08. The van der Waals surface area contributed by atoms with E-state index in [9.17, 15) is 20.1 Å². The smallest absolute Gasteiger partial charge is 0.274 e. The Kier molecular flexibility index (Phi) is 6.92. The van der Waals surface area contributed by atoms with Gasteiger partial charge in [-0.15, -0.1) is 0 Å². The van der Waals surface area contributed by atoms with E-state index in [0.29, 0.717) is 5.56 Å². The standard InChI is InChI=1S/C23H19Cl2N7O2/c1-13-8-14(11-26)9-15(22(34)31(4)23(2,3)12-27)19(13)29-21(33)17-10-18(25)30-32(17)20-16(24)6-5-7-28-20/h5-10H,1-4H3,(H,29,33). The van der Waals surface area contributed by atoms with E-state index in [1.807, 2.05) is 6.07 Å². The van der Waals surface area contributed by atoms with Crippen molar-refractivity contribution >= 4 is 40.7 Å². The molecule has 3 rings (SSSR count). The van der Waals surface area contributed by atoms with Crippen molar-refractivity contribution in [2.75, 3.05) is 12.4 Å². The van der Waals surface area contributed by atoms with E-state index in [1.54, 1.807) is 39.0 Å². The second-order valence-corrected chi connectivity index (χ2v) is 8.68. The highest BCUT2D eigenvalue weighted by molar-refractivity contribution is 6.32. The highest BCUT2D eigenvalue weighted by Gasteiger charge is 2.31. The van der Waals surface area contributed by atoms with Crippen LogP contribution in [0.15, 0.2) is 36.5 Å². The molecule has 2 aromatic heterocycles. The third-order valence-corrected chi connectivity index (χ3v) is 5.68. The number of aryl methyl sites for hydroxylation is 1. The fourth-order valence-corrected chi connectivity index (χ4v) is 3.46. The van der Waals surface area contributed by atoms with Gasteiger partial charge in [-0.25, -0.2) is 9.67 Å². The van der Waals surface area contributed by atoms with Crippen LogP contribution in [0.5, 0.6) is 0 Å². The Balaban J connectivity index is 2.09. The minimum absolute atomic E-state index is 0.0264. The number of rotatable bonds is 5. The average molecular weight is 496 g/mol. The average Bonchev–Trinajstić information content (AvgIpc) is 3.20. The summed E-state index contributed by atoms with van der Waals surface area (Å²) >= 11 is 12.3. The van der Waals surface area contributed by atoms with Crippen LogP contribution >= 0.6 is 23.2 Å². The first-order valence-corrected chi connectivity index (χ1v) is 10.7. The first-order chi connectivity index (χ1) is 16.0. The van der Waals surface area contributed by atoms with Crippen LogP contribution in [0.1, 0.15) is 45.8 Å². The fraction of sp³-hybridized carbons (Fsp3) is 0.217. The summed E-state index contributed by atoms with van der Waals surface area (Å²) in [6.07, 6.45) is 1.49. The molecule has 0 saturated carbocycles. The van der Waals surface area contributed by atoms with Crippen LogP contribution < -0.4 is 5.32 Å². The number of carbonyl (C=O) groups is 2. The number of benzene rings is 1. The van der Waals surface area contributed by atoms with Gasteiger partial charge in [0.15, 0.2) is 11.0 Å². The topological polar surface area (TPSA) is 128 Å². The van der Waals surface area contributed by atoms with Crippen molar-refractivity contribution in [3.8, 4) is 18.0 Å². The van der Waals surface area contributed by atoms with Crippen LogP contribution in [0.2, 0.25) is 10.2 Å². The Morgan fingerprint density at radius 2 is 1.91 bits per heavy atom. The number of hydrogen-bond donors (Lipinski definition) is 1. The minimum atomic E-state index is -1.13. The Morgan fingerprint density at radius 1 is 1.21 bits per heavy atom. The number of halogens is 2. The number of aromatic nitrogens is 3. The summed E-state index contributed by atoms with van der Waals surface area (Å²) in [5.41, 5.74) is -0.147. The SMILES string of the molecule is Cc1cc(C#N)cc(C(=O)N(C)C(C)(C)C#N)c1NC(=O)c1cc(Cl)nn1-c1ncccc1Cl. The van der Waals surface area contributed by atoms with Gasteiger partial charge in [-0.2, -0.15) is 15.6 Å². The Morgan fingerprint density at radius 3 is 2.53 bits per heavy atom. The van der Waals surface area contributed by atoms with Gasteiger partial charge < -0.3 is 10.2 Å². The number of carbonyl (C=O) groups excluding carboxylic acids is 2. The third kappa shape index (κ3) is 4.72. The van der Waals surface area contributed by atoms with Gasteiger partial charge in [-0.3, -0.25) is 9.59 Å². The van der Waals surface area contributed by atoms with Crippen LogP contribution in [0.4, 0.5) is 5.69 Å². The summed E-state index contributed by atoms with van der Waals surface area (Å²) in [7, 11) is 1.48. The quantitative estimate of drug-likeness (QED) is 0.559. The molecule has 0 bridgehead atoms. The molecule has 1 N–H and O–H groups in total. The maximum Gasteiger partial charge on any atom is 0.274 e. The molecule has 0 aliphatic carbocycles. The van der Waals surface area contributed by atoms with Crippen LogP contribution in [0.3, 0.4) is 0 Å². The largest absolute Gasteiger partial charge is 0.323 e. The van der Waals surface area contributed by atoms with Crippen LogP contribution in [0, 0.1) is 29.6 Å². The Hall–Kier alpha value is -3.92. The van der Waals surface area contributed by atoms with Crippen molar-refractivity contribution in [1.82, 2.24) is 19.7 Å². The number of amides is 2. The van der Waals surface area contributed by atoms with Crippen molar-refractivity contribution in [1.29, 1.82) is 10.5 Å². The molecule has 0 atom stereocenters. The lowest BCUT2D eigenvalue weighted by Gasteiger charge is -2.30. The van der Waals surface area contributed by atoms with E-state index >= 15 is 0 Å². The Bertz CT molecular complexity index is 1380. The van der Waals surface area contributed by atoms with Gasteiger partial charge in [0.25, 0.3) is 11.8 Å². The lowest BCUT2D eigenvalue weighted by molar-refractivity contribution is 0.0699. The van der Waals surface area contributed by atoms with E-state index in [1.165, 1.54) is 35.0 Å². The van der Waals surface area contributed by atoms with Gasteiger partial charge in [0, 0.05) is 19.3 Å². The lowest BCUT2D eigenvalue weighted by atomic mass is 9.99. The van der Waals surface area contributed by atoms with Crippen molar-refractivity contribution < 1.29 is 9.59 Å². The van der Waals surface area contributed by atoms with Crippen molar-refractivity contribution in [2.45, 2.75) is 26.3 Å². The van der Waals surface area contributed by atoms with Crippen molar-refractivity contribution in [3.05, 3.63) is 69.1 Å². The zero-order chi connectivity index (χ0) is 25.2. The van der Waals surface area contributed by atoms with Crippen molar-refractivity contribution in [3.63, 3.8) is 0 Å². The number of hydrogen-bond acceptors (Lipinski definition) is 6. The monoisotopic (exact) mass is 495 g/mol. The van der Waals surface area contributed by atoms with Gasteiger partial charge in [0.05, 0.1) is 34.0 Å². The molecule has 0 fully saturated rings. The summed E-state index contributed by atoms with van der Waals surface area (Å²) in [4.78, 5) is 32.0. The number of nitrogens with zero attached hydrogens (tertiary/aromatic N) is 6. The van der Waals surface area contributed by atoms with Crippen LogP contribution in [-0.2, 0) is 0 Å². The molecule has 2 heterocycles. The van der Waals surface area contributed by atoms with E-state index in [2.05, 4.69) is 21.5 Å². The molecule has 34 heavy (non-hydrogen) atoms. The normalized spacial score (nSPS) is 10.8. The summed E-state index contributed by atoms with van der Waals surface area (Å²) in [6.45, 7) is 4.82. The number of nitriles is 2. The van der Waals surface area contributed by atoms with E-state index in [0.717, 1.165) is 0 Å². The van der Waals surface area contributed by atoms with Gasteiger partial charge in [-0.1, -0.05) is 23.2 Å². The van der Waals surface area contributed by atoms with E-state index < -0.39 is 17.4 Å². The molecule has 0 saturated heterocycles. The predicted octanol–water partition coefficient (Wildman–Crippen LogP) is 4.38. The molecule has 3 aromatic rings. The summed E-state index contributed by atoms with van der Waals surface area (Å²) in [6, 6.07) is 11.5. The third-order valence-electron chi connectivity index (χ3n) is 5.20. The number of anilines is 1. The van der Waals surface area contributed by atoms with Gasteiger partial charge in [0.1, 0.15) is 11.2 Å². The maximum atomic E-state index is 13.3. The first-order valence-electron chi connectivity index (χ1n) is 9.92. The molecule has 0 spiro atoms. The number of pyridine rings is 1. The molecule has 0 radical (unpaired) electrons. The van der Waals surface area contributed by atoms with Gasteiger partial charge >= 0.3 is 0 Å². The van der Waals surface area contributed by atoms with Crippen LogP contribution in [-0.4, -0.2) is 44.1 Å². The molecule has 9 nitrogen and oxygen atoms in total. The predicted molar refractivity (Wildman–Crippen MR) is 127 cm³/mol. The highest BCUT2D eigenvalue weighted by Crippen LogP contribution is 2.28. The molecular weight excluding hydrogens is 477 g/mol. The summed E-state index contributed by atoms with van der Waals surface area (Å²) < 4.78 is 1.20. The molecule has 0 unspecified atom stereocenters. The molecule has 0 aliphatic heterocycles. The molecule has 0 aliphatic rings. The number of nitrogens with one attached hydrogen (secondary N) is 1. The molecule has 1 aromatic carbocycles. The van der Waals surface area contributed by atoms with Crippen LogP contribution in [0.25, 0.3) is 5.82 Å². The van der Waals surface area contributed by atoms with E-state index in [-0.39, 0.29) is 38.5 Å². The first kappa shape index (κ1) is 24.7. The summed E-state index contributed by atoms with van der Waals surface area (Å²) in [5.74, 6) is -0.976. The lowest BCUT2D eigenvalue weighted by Crippen LogP contribution is -2.44. The minimum Gasteiger partial charge on any atom is -0.323 e. The molecule has 172 valence electrons. The second kappa shape index (κ2) is 9.52. The van der Waals surface area contributed by atoms with E-state index in [4.69, 9.17) is 23.2 Å². The van der Waals surface area contributed by atoms with Gasteiger partial charge in [0.2, 0.25) is 0 Å². The summed E-state index contributed by atoms with van der Waals surface area (Å²) in [5, 5.41) is 26.0. The second-order valence-electron chi connectivity index (χ2n) is 7.89. The molecule has 2 amide bonds. The Labute approximate surface area is 206 Å². The van der Waals surface area contributed by atoms with Gasteiger partial charge in [-0.05, 0) is 50.6 Å². The molecule has 11 heteroatoms. The molecular formula is C23H19Cl2N7O2. The van der Waals surface area contributed by atoms with Crippen molar-refractivity contribution in [2.24, 2.45) is 0 Å². The zero-order valence-corrected chi connectivity index (χ0v) is 20.2. The highest BCUT2D eigenvalue weighted by atomic mass is 35.5.